The number of imide groups is 1. The predicted molar refractivity (Wildman–Crippen MR) is 122 cm³/mol. The molecule has 180 valence electrons. The maximum absolute atomic E-state index is 13.1. The largest absolute Gasteiger partial charge is 0.495 e. The highest BCUT2D eigenvalue weighted by molar-refractivity contribution is 7.89. The molecule has 0 bridgehead atoms. The molecule has 2 saturated heterocycles. The van der Waals surface area contributed by atoms with Crippen molar-refractivity contribution in [1.29, 1.82) is 0 Å². The van der Waals surface area contributed by atoms with Crippen LogP contribution in [0.1, 0.15) is 5.56 Å². The summed E-state index contributed by atoms with van der Waals surface area (Å²) in [6.07, 6.45) is -0.0943. The number of morpholine rings is 1. The number of nitrogens with zero attached hydrogens (tertiary/aromatic N) is 2. The summed E-state index contributed by atoms with van der Waals surface area (Å²) in [5, 5.41) is 5.16. The van der Waals surface area contributed by atoms with Gasteiger partial charge in [-0.3, -0.25) is 9.59 Å². The Bertz CT molecular complexity index is 1210. The minimum absolute atomic E-state index is 0.0113. The van der Waals surface area contributed by atoms with Crippen LogP contribution in [0.3, 0.4) is 0 Å². The van der Waals surface area contributed by atoms with Crippen LogP contribution >= 0.6 is 0 Å². The minimum Gasteiger partial charge on any atom is -0.495 e. The standard InChI is InChI=1S/C22H24N4O7S/c1-32-18-6-5-15(11-19(18)34(30,31)25-7-9-33-10-8-25)12-20(27)24-16-3-2-4-17(13-16)26-21(28)14-23-22(26)29/h2-6,11,13H,7-10,12,14H2,1H3,(H,23,29)(H,24,27). The van der Waals surface area contributed by atoms with E-state index >= 15 is 0 Å². The first-order valence-corrected chi connectivity index (χ1v) is 12.0. The molecule has 2 heterocycles. The smallest absolute Gasteiger partial charge is 0.329 e. The number of benzene rings is 2. The molecular formula is C22H24N4O7S. The van der Waals surface area contributed by atoms with Crippen molar-refractivity contribution >= 4 is 39.2 Å². The van der Waals surface area contributed by atoms with Crippen molar-refractivity contribution in [1.82, 2.24) is 9.62 Å². The number of methoxy groups -OCH3 is 1. The van der Waals surface area contributed by atoms with Gasteiger partial charge in [0.2, 0.25) is 15.9 Å². The zero-order chi connectivity index (χ0) is 24.3. The van der Waals surface area contributed by atoms with E-state index in [9.17, 15) is 22.8 Å². The van der Waals surface area contributed by atoms with Gasteiger partial charge in [-0.1, -0.05) is 12.1 Å². The Morgan fingerprint density at radius 2 is 1.91 bits per heavy atom. The lowest BCUT2D eigenvalue weighted by Gasteiger charge is -2.26. The van der Waals surface area contributed by atoms with E-state index in [4.69, 9.17) is 9.47 Å². The van der Waals surface area contributed by atoms with Crippen LogP contribution in [0, 0.1) is 0 Å². The Balaban J connectivity index is 1.51. The molecule has 12 heteroatoms. The van der Waals surface area contributed by atoms with Gasteiger partial charge in [-0.15, -0.1) is 0 Å². The second-order valence-electron chi connectivity index (χ2n) is 7.66. The second kappa shape index (κ2) is 9.79. The molecule has 0 atom stereocenters. The van der Waals surface area contributed by atoms with Crippen LogP contribution in [-0.2, 0) is 30.8 Å². The molecule has 2 aliphatic rings. The normalized spacial score (nSPS) is 16.9. The Labute approximate surface area is 196 Å². The number of ether oxygens (including phenoxy) is 2. The molecule has 0 spiro atoms. The molecule has 0 aliphatic carbocycles. The molecule has 4 rings (SSSR count). The van der Waals surface area contributed by atoms with Crippen molar-refractivity contribution in [3.05, 3.63) is 48.0 Å². The third kappa shape index (κ3) is 4.88. The van der Waals surface area contributed by atoms with Crippen molar-refractivity contribution in [3.8, 4) is 5.75 Å². The van der Waals surface area contributed by atoms with Gasteiger partial charge in [0, 0.05) is 18.8 Å². The van der Waals surface area contributed by atoms with Crippen LogP contribution < -0.4 is 20.3 Å². The number of rotatable bonds is 7. The van der Waals surface area contributed by atoms with Crippen LogP contribution in [0.4, 0.5) is 16.2 Å². The molecule has 0 radical (unpaired) electrons. The van der Waals surface area contributed by atoms with Crippen LogP contribution in [0.15, 0.2) is 47.4 Å². The molecular weight excluding hydrogens is 464 g/mol. The van der Waals surface area contributed by atoms with Gasteiger partial charge in [0.05, 0.1) is 39.0 Å². The number of urea groups is 1. The Kier molecular flexibility index (Phi) is 6.82. The van der Waals surface area contributed by atoms with Crippen molar-refractivity contribution in [3.63, 3.8) is 0 Å². The fourth-order valence-corrected chi connectivity index (χ4v) is 5.37. The summed E-state index contributed by atoms with van der Waals surface area (Å²) in [6.45, 7) is 1.03. The Morgan fingerprint density at radius 1 is 1.15 bits per heavy atom. The van der Waals surface area contributed by atoms with E-state index in [1.54, 1.807) is 24.3 Å². The number of carbonyl (C=O) groups excluding carboxylic acids is 3. The summed E-state index contributed by atoms with van der Waals surface area (Å²) in [5.41, 5.74) is 1.21. The molecule has 0 saturated carbocycles. The third-order valence-corrected chi connectivity index (χ3v) is 7.33. The molecule has 11 nitrogen and oxygen atoms in total. The average Bonchev–Trinajstić information content (AvgIpc) is 3.17. The summed E-state index contributed by atoms with van der Waals surface area (Å²) in [5.74, 6) is -0.591. The molecule has 0 unspecified atom stereocenters. The fraction of sp³-hybridized carbons (Fsp3) is 0.318. The number of hydrogen-bond donors (Lipinski definition) is 2. The summed E-state index contributed by atoms with van der Waals surface area (Å²) in [7, 11) is -2.44. The Hall–Kier alpha value is -3.48. The van der Waals surface area contributed by atoms with Gasteiger partial charge in [0.25, 0.3) is 5.91 Å². The summed E-state index contributed by atoms with van der Waals surface area (Å²) >= 11 is 0. The SMILES string of the molecule is COc1ccc(CC(=O)Nc2cccc(N3C(=O)CNC3=O)c2)cc1S(=O)(=O)N1CCOCC1. The van der Waals surface area contributed by atoms with Crippen LogP contribution in [0.5, 0.6) is 5.75 Å². The molecule has 2 aromatic carbocycles. The van der Waals surface area contributed by atoms with E-state index in [2.05, 4.69) is 10.6 Å². The lowest BCUT2D eigenvalue weighted by molar-refractivity contribution is -0.116. The van der Waals surface area contributed by atoms with Crippen LogP contribution in [-0.4, -0.2) is 70.5 Å². The first-order valence-electron chi connectivity index (χ1n) is 10.5. The van der Waals surface area contributed by atoms with Crippen LogP contribution in [0.2, 0.25) is 0 Å². The third-order valence-electron chi connectivity index (χ3n) is 5.41. The Morgan fingerprint density at radius 3 is 2.59 bits per heavy atom. The summed E-state index contributed by atoms with van der Waals surface area (Å²) in [4.78, 5) is 37.5. The van der Waals surface area contributed by atoms with Crippen molar-refractivity contribution < 1.29 is 32.3 Å². The highest BCUT2D eigenvalue weighted by atomic mass is 32.2. The first kappa shape index (κ1) is 23.7. The average molecular weight is 489 g/mol. The first-order chi connectivity index (χ1) is 16.3. The van der Waals surface area contributed by atoms with Crippen molar-refractivity contribution in [2.24, 2.45) is 0 Å². The van der Waals surface area contributed by atoms with E-state index in [1.807, 2.05) is 0 Å². The van der Waals surface area contributed by atoms with Gasteiger partial charge in [0.15, 0.2) is 0 Å². The highest BCUT2D eigenvalue weighted by Crippen LogP contribution is 2.29. The van der Waals surface area contributed by atoms with Crippen molar-refractivity contribution in [2.75, 3.05) is 50.2 Å². The molecule has 2 fully saturated rings. The number of carbonyl (C=O) groups is 3. The number of anilines is 2. The van der Waals surface area contributed by atoms with Gasteiger partial charge >= 0.3 is 6.03 Å². The van der Waals surface area contributed by atoms with E-state index < -0.39 is 22.0 Å². The predicted octanol–water partition coefficient (Wildman–Crippen LogP) is 0.953. The summed E-state index contributed by atoms with van der Waals surface area (Å²) < 4.78 is 38.1. The number of sulfonamides is 1. The van der Waals surface area contributed by atoms with Gasteiger partial charge in [0.1, 0.15) is 10.6 Å². The molecule has 2 N–H and O–H groups in total. The lowest BCUT2D eigenvalue weighted by Crippen LogP contribution is -2.40. The summed E-state index contributed by atoms with van der Waals surface area (Å²) in [6, 6.07) is 10.4. The maximum Gasteiger partial charge on any atom is 0.329 e. The van der Waals surface area contributed by atoms with E-state index in [-0.39, 0.29) is 42.6 Å². The van der Waals surface area contributed by atoms with Gasteiger partial charge in [-0.2, -0.15) is 4.31 Å². The molecule has 2 aromatic rings. The lowest BCUT2D eigenvalue weighted by atomic mass is 10.1. The maximum atomic E-state index is 13.1. The van der Waals surface area contributed by atoms with E-state index in [0.29, 0.717) is 30.2 Å². The van der Waals surface area contributed by atoms with E-state index in [1.165, 1.54) is 29.6 Å². The van der Waals surface area contributed by atoms with Gasteiger partial charge in [-0.05, 0) is 35.9 Å². The van der Waals surface area contributed by atoms with E-state index in [0.717, 1.165) is 4.90 Å². The minimum atomic E-state index is -3.83. The second-order valence-corrected chi connectivity index (χ2v) is 9.57. The highest BCUT2D eigenvalue weighted by Gasteiger charge is 2.31. The number of hydrogen-bond acceptors (Lipinski definition) is 7. The molecule has 34 heavy (non-hydrogen) atoms. The molecule has 2 aliphatic heterocycles. The van der Waals surface area contributed by atoms with Crippen molar-refractivity contribution in [2.45, 2.75) is 11.3 Å². The van der Waals surface area contributed by atoms with Crippen LogP contribution in [0.25, 0.3) is 0 Å². The van der Waals surface area contributed by atoms with Gasteiger partial charge < -0.3 is 20.1 Å². The molecule has 0 aromatic heterocycles. The topological polar surface area (TPSA) is 134 Å². The monoisotopic (exact) mass is 488 g/mol. The van der Waals surface area contributed by atoms with Gasteiger partial charge in [-0.25, -0.2) is 18.1 Å². The zero-order valence-electron chi connectivity index (χ0n) is 18.4. The number of amides is 4. The zero-order valence-corrected chi connectivity index (χ0v) is 19.3. The number of nitrogens with one attached hydrogen (secondary N) is 2. The fourth-order valence-electron chi connectivity index (χ4n) is 3.76. The quantitative estimate of drug-likeness (QED) is 0.554. The molecule has 4 amide bonds.